The van der Waals surface area contributed by atoms with E-state index in [1.54, 1.807) is 0 Å². The molecule has 0 saturated heterocycles. The van der Waals surface area contributed by atoms with Crippen LogP contribution in [0.3, 0.4) is 0 Å². The minimum Gasteiger partial charge on any atom is -0.482 e. The highest BCUT2D eigenvalue weighted by Crippen LogP contribution is 2.49. The van der Waals surface area contributed by atoms with Gasteiger partial charge >= 0.3 is 0 Å². The van der Waals surface area contributed by atoms with Crippen molar-refractivity contribution in [3.05, 3.63) is 23.8 Å². The lowest BCUT2D eigenvalue weighted by molar-refractivity contribution is -0.118. The van der Waals surface area contributed by atoms with Gasteiger partial charge in [-0.3, -0.25) is 4.79 Å². The van der Waals surface area contributed by atoms with Crippen LogP contribution in [0.4, 0.5) is 5.69 Å². The highest BCUT2D eigenvalue weighted by Gasteiger charge is 2.39. The summed E-state index contributed by atoms with van der Waals surface area (Å²) in [5, 5.41) is 13.5. The van der Waals surface area contributed by atoms with E-state index in [9.17, 15) is 9.90 Å². The van der Waals surface area contributed by atoms with Crippen LogP contribution in [0.2, 0.25) is 0 Å². The van der Waals surface area contributed by atoms with Crippen molar-refractivity contribution < 1.29 is 14.6 Å². The lowest BCUT2D eigenvalue weighted by Gasteiger charge is -2.32. The molecule has 1 saturated carbocycles. The van der Waals surface area contributed by atoms with Crippen molar-refractivity contribution >= 4 is 11.6 Å². The number of anilines is 1. The third kappa shape index (κ3) is 2.29. The van der Waals surface area contributed by atoms with E-state index in [4.69, 9.17) is 4.74 Å². The average molecular weight is 275 g/mol. The van der Waals surface area contributed by atoms with Crippen LogP contribution in [0.1, 0.15) is 44.8 Å². The number of aliphatic hydroxyl groups excluding tert-OH is 1. The van der Waals surface area contributed by atoms with E-state index in [2.05, 4.69) is 19.2 Å². The zero-order valence-corrected chi connectivity index (χ0v) is 12.0. The second kappa shape index (κ2) is 4.77. The van der Waals surface area contributed by atoms with Gasteiger partial charge in [0.25, 0.3) is 5.91 Å². The summed E-state index contributed by atoms with van der Waals surface area (Å²) >= 11 is 0. The predicted octanol–water partition coefficient (Wildman–Crippen LogP) is 2.88. The Labute approximate surface area is 119 Å². The fourth-order valence-electron chi connectivity index (χ4n) is 3.46. The van der Waals surface area contributed by atoms with E-state index < -0.39 is 6.10 Å². The maximum absolute atomic E-state index is 11.4. The molecule has 1 aromatic carbocycles. The standard InChI is InChI=1S/C16H21NO3/c1-16(2)7-3-4-11(16)15(19)10-5-6-13-12(8-10)17-14(18)9-20-13/h5-6,8,11,15,19H,3-4,7,9H2,1-2H3,(H,17,18). The fourth-order valence-corrected chi connectivity index (χ4v) is 3.46. The van der Waals surface area contributed by atoms with Gasteiger partial charge in [-0.1, -0.05) is 26.3 Å². The number of nitrogens with one attached hydrogen (secondary N) is 1. The van der Waals surface area contributed by atoms with Gasteiger partial charge in [-0.25, -0.2) is 0 Å². The monoisotopic (exact) mass is 275 g/mol. The maximum atomic E-state index is 11.4. The molecule has 1 aliphatic carbocycles. The molecule has 0 aromatic heterocycles. The molecule has 2 unspecified atom stereocenters. The van der Waals surface area contributed by atoms with Crippen LogP contribution in [0, 0.1) is 11.3 Å². The molecule has 2 aliphatic rings. The van der Waals surface area contributed by atoms with Crippen LogP contribution < -0.4 is 10.1 Å². The maximum Gasteiger partial charge on any atom is 0.262 e. The van der Waals surface area contributed by atoms with Crippen LogP contribution in [-0.2, 0) is 4.79 Å². The number of carbonyl (C=O) groups excluding carboxylic acids is 1. The molecule has 0 radical (unpaired) electrons. The molecule has 3 rings (SSSR count). The molecule has 0 bridgehead atoms. The molecule has 1 heterocycles. The molecular formula is C16H21NO3. The molecule has 2 N–H and O–H groups in total. The molecule has 2 atom stereocenters. The first-order valence-corrected chi connectivity index (χ1v) is 7.22. The number of hydrogen-bond donors (Lipinski definition) is 2. The highest BCUT2D eigenvalue weighted by molar-refractivity contribution is 5.95. The number of amides is 1. The van der Waals surface area contributed by atoms with Crippen molar-refractivity contribution in [2.75, 3.05) is 11.9 Å². The molecular weight excluding hydrogens is 254 g/mol. The van der Waals surface area contributed by atoms with Crippen LogP contribution in [0.25, 0.3) is 0 Å². The number of carbonyl (C=O) groups is 1. The summed E-state index contributed by atoms with van der Waals surface area (Å²) in [6.07, 6.45) is 2.88. The Balaban J connectivity index is 1.87. The third-order valence-electron chi connectivity index (χ3n) is 4.70. The van der Waals surface area contributed by atoms with Gasteiger partial charge in [-0.15, -0.1) is 0 Å². The zero-order chi connectivity index (χ0) is 14.3. The van der Waals surface area contributed by atoms with Gasteiger partial charge in [0.05, 0.1) is 11.8 Å². The van der Waals surface area contributed by atoms with Crippen molar-refractivity contribution in [3.63, 3.8) is 0 Å². The van der Waals surface area contributed by atoms with Crippen LogP contribution in [-0.4, -0.2) is 17.6 Å². The number of ether oxygens (including phenoxy) is 1. The largest absolute Gasteiger partial charge is 0.482 e. The minimum atomic E-state index is -0.489. The first kappa shape index (κ1) is 13.4. The minimum absolute atomic E-state index is 0.0601. The predicted molar refractivity (Wildman–Crippen MR) is 76.6 cm³/mol. The van der Waals surface area contributed by atoms with Crippen LogP contribution in [0.5, 0.6) is 5.75 Å². The first-order chi connectivity index (χ1) is 9.47. The third-order valence-corrected chi connectivity index (χ3v) is 4.70. The van der Waals surface area contributed by atoms with Crippen molar-refractivity contribution in [1.82, 2.24) is 0 Å². The van der Waals surface area contributed by atoms with Gasteiger partial charge in [0.2, 0.25) is 0 Å². The molecule has 1 aromatic rings. The lowest BCUT2D eigenvalue weighted by atomic mass is 9.77. The molecule has 1 fully saturated rings. The second-order valence-electron chi connectivity index (χ2n) is 6.52. The summed E-state index contributed by atoms with van der Waals surface area (Å²) in [5.74, 6) is 0.789. The summed E-state index contributed by atoms with van der Waals surface area (Å²) in [6.45, 7) is 4.50. The van der Waals surface area contributed by atoms with Crippen molar-refractivity contribution in [2.24, 2.45) is 11.3 Å². The Morgan fingerprint density at radius 1 is 1.45 bits per heavy atom. The zero-order valence-electron chi connectivity index (χ0n) is 12.0. The Morgan fingerprint density at radius 3 is 2.95 bits per heavy atom. The van der Waals surface area contributed by atoms with E-state index >= 15 is 0 Å². The van der Waals surface area contributed by atoms with E-state index in [-0.39, 0.29) is 23.8 Å². The Kier molecular flexibility index (Phi) is 3.21. The van der Waals surface area contributed by atoms with Crippen molar-refractivity contribution in [1.29, 1.82) is 0 Å². The Morgan fingerprint density at radius 2 is 2.25 bits per heavy atom. The van der Waals surface area contributed by atoms with Gasteiger partial charge < -0.3 is 15.2 Å². The topological polar surface area (TPSA) is 58.6 Å². The normalized spacial score (nSPS) is 25.6. The molecule has 108 valence electrons. The Bertz CT molecular complexity index is 539. The SMILES string of the molecule is CC1(C)CCCC1C(O)c1ccc2c(c1)NC(=O)CO2. The van der Waals surface area contributed by atoms with Gasteiger partial charge in [-0.2, -0.15) is 0 Å². The highest BCUT2D eigenvalue weighted by atomic mass is 16.5. The summed E-state index contributed by atoms with van der Waals surface area (Å²) in [4.78, 5) is 11.4. The average Bonchev–Trinajstić information content (AvgIpc) is 2.76. The van der Waals surface area contributed by atoms with Gasteiger partial charge in [0.1, 0.15) is 5.75 Å². The number of hydrogen-bond acceptors (Lipinski definition) is 3. The van der Waals surface area contributed by atoms with Gasteiger partial charge in [0, 0.05) is 0 Å². The molecule has 0 spiro atoms. The van der Waals surface area contributed by atoms with E-state index in [0.29, 0.717) is 11.4 Å². The van der Waals surface area contributed by atoms with Crippen molar-refractivity contribution in [2.45, 2.75) is 39.2 Å². The molecule has 20 heavy (non-hydrogen) atoms. The Hall–Kier alpha value is -1.55. The molecule has 1 amide bonds. The second-order valence-corrected chi connectivity index (χ2v) is 6.52. The smallest absolute Gasteiger partial charge is 0.262 e. The van der Waals surface area contributed by atoms with E-state index in [1.807, 2.05) is 18.2 Å². The number of benzene rings is 1. The van der Waals surface area contributed by atoms with Crippen molar-refractivity contribution in [3.8, 4) is 5.75 Å². The number of aliphatic hydroxyl groups is 1. The van der Waals surface area contributed by atoms with E-state index in [1.165, 1.54) is 6.42 Å². The first-order valence-electron chi connectivity index (χ1n) is 7.22. The van der Waals surface area contributed by atoms with Crippen LogP contribution in [0.15, 0.2) is 18.2 Å². The fraction of sp³-hybridized carbons (Fsp3) is 0.562. The molecule has 1 aliphatic heterocycles. The summed E-state index contributed by atoms with van der Waals surface area (Å²) in [5.41, 5.74) is 1.68. The molecule has 4 heteroatoms. The summed E-state index contributed by atoms with van der Waals surface area (Å²) in [6, 6.07) is 5.57. The van der Waals surface area contributed by atoms with Gasteiger partial charge in [0.15, 0.2) is 6.61 Å². The van der Waals surface area contributed by atoms with Crippen LogP contribution >= 0.6 is 0 Å². The molecule has 4 nitrogen and oxygen atoms in total. The number of fused-ring (bicyclic) bond motifs is 1. The summed E-state index contributed by atoms with van der Waals surface area (Å²) in [7, 11) is 0. The summed E-state index contributed by atoms with van der Waals surface area (Å²) < 4.78 is 5.34. The quantitative estimate of drug-likeness (QED) is 0.872. The lowest BCUT2D eigenvalue weighted by Crippen LogP contribution is -2.26. The number of rotatable bonds is 2. The van der Waals surface area contributed by atoms with E-state index in [0.717, 1.165) is 18.4 Å². The van der Waals surface area contributed by atoms with Gasteiger partial charge in [-0.05, 0) is 41.9 Å².